The predicted molar refractivity (Wildman–Crippen MR) is 193 cm³/mol. The molecule has 0 unspecified atom stereocenters. The normalized spacial score (nSPS) is 12.0. The molecule has 0 atom stereocenters. The van der Waals surface area contributed by atoms with Crippen molar-refractivity contribution in [1.29, 1.82) is 0 Å². The van der Waals surface area contributed by atoms with Gasteiger partial charge in [0, 0.05) is 56.6 Å². The second kappa shape index (κ2) is 14.9. The number of aromatic hydroxyl groups is 6. The van der Waals surface area contributed by atoms with Crippen LogP contribution in [0.1, 0.15) is 86.8 Å². The van der Waals surface area contributed by atoms with E-state index in [2.05, 4.69) is 9.98 Å². The number of esters is 2. The first-order chi connectivity index (χ1) is 23.6. The van der Waals surface area contributed by atoms with Gasteiger partial charge in [-0.15, -0.1) is 0 Å². The summed E-state index contributed by atoms with van der Waals surface area (Å²) in [4.78, 5) is 32.2. The van der Waals surface area contributed by atoms with Gasteiger partial charge in [-0.2, -0.15) is 0 Å². The lowest BCUT2D eigenvalue weighted by Gasteiger charge is -2.23. The molecule has 0 spiro atoms. The van der Waals surface area contributed by atoms with Gasteiger partial charge in [0.05, 0.1) is 13.2 Å². The van der Waals surface area contributed by atoms with E-state index in [1.807, 2.05) is 27.7 Å². The molecule has 6 N–H and O–H groups in total. The number of hydrogen-bond acceptors (Lipinski definition) is 12. The second-order valence-corrected chi connectivity index (χ2v) is 12.6. The molecule has 266 valence electrons. The molecule has 0 aliphatic carbocycles. The molecule has 0 saturated heterocycles. The van der Waals surface area contributed by atoms with E-state index in [4.69, 9.17) is 9.47 Å². The Balaban J connectivity index is 2.15. The fourth-order valence-electron chi connectivity index (χ4n) is 6.46. The minimum atomic E-state index is -0.607. The number of rotatable bonds is 11. The van der Waals surface area contributed by atoms with Crippen LogP contribution in [0.4, 0.5) is 0 Å². The first-order valence-electron chi connectivity index (χ1n) is 16.4. The Morgan fingerprint density at radius 1 is 0.620 bits per heavy atom. The molecule has 0 fully saturated rings. The Morgan fingerprint density at radius 2 is 0.960 bits per heavy atom. The first kappa shape index (κ1) is 37.3. The number of hydrogen-bond donors (Lipinski definition) is 6. The van der Waals surface area contributed by atoms with Crippen molar-refractivity contribution in [3.63, 3.8) is 0 Å². The maximum atomic E-state index is 12.1. The van der Waals surface area contributed by atoms with Crippen LogP contribution in [0.25, 0.3) is 32.7 Å². The number of carbonyl (C=O) groups is 2. The number of nitrogens with zero attached hydrogens (tertiary/aromatic N) is 2. The highest BCUT2D eigenvalue weighted by Crippen LogP contribution is 2.54. The summed E-state index contributed by atoms with van der Waals surface area (Å²) in [5.41, 5.74) is 1.99. The summed E-state index contributed by atoms with van der Waals surface area (Å²) in [6, 6.07) is 3.44. The summed E-state index contributed by atoms with van der Waals surface area (Å²) < 4.78 is 9.88. The Kier molecular flexibility index (Phi) is 11.1. The average molecular weight is 689 g/mol. The molecular weight excluding hydrogens is 644 g/mol. The molecule has 4 aromatic rings. The minimum Gasteiger partial charge on any atom is -0.507 e. The molecule has 0 aliphatic rings. The zero-order valence-corrected chi connectivity index (χ0v) is 29.5. The zero-order valence-electron chi connectivity index (χ0n) is 29.5. The Hall–Kier alpha value is -5.52. The van der Waals surface area contributed by atoms with E-state index in [9.17, 15) is 40.2 Å². The van der Waals surface area contributed by atoms with Crippen molar-refractivity contribution in [3.8, 4) is 45.6 Å². The fourth-order valence-corrected chi connectivity index (χ4v) is 6.46. The van der Waals surface area contributed by atoms with Gasteiger partial charge in [-0.05, 0) is 61.4 Å². The lowest BCUT2D eigenvalue weighted by molar-refractivity contribution is -0.142. The molecule has 0 radical (unpaired) electrons. The minimum absolute atomic E-state index is 0.0562. The number of benzene rings is 4. The number of aliphatic imine (C=N–C) groups is 2. The van der Waals surface area contributed by atoms with Crippen molar-refractivity contribution >= 4 is 45.9 Å². The van der Waals surface area contributed by atoms with Gasteiger partial charge in [0.1, 0.15) is 24.6 Å². The number of carbonyl (C=O) groups excluding carboxylic acids is 2. The van der Waals surface area contributed by atoms with Crippen LogP contribution >= 0.6 is 0 Å². The maximum absolute atomic E-state index is 12.1. The third kappa shape index (κ3) is 6.70. The van der Waals surface area contributed by atoms with E-state index in [-0.39, 0.29) is 82.7 Å². The molecule has 4 aromatic carbocycles. The van der Waals surface area contributed by atoms with E-state index in [1.165, 1.54) is 12.4 Å². The van der Waals surface area contributed by atoms with E-state index >= 15 is 0 Å². The monoisotopic (exact) mass is 688 g/mol. The third-order valence-corrected chi connectivity index (χ3v) is 8.48. The van der Waals surface area contributed by atoms with Gasteiger partial charge < -0.3 is 40.1 Å². The second-order valence-electron chi connectivity index (χ2n) is 12.6. The molecule has 0 aliphatic heterocycles. The van der Waals surface area contributed by atoms with Crippen LogP contribution in [0.15, 0.2) is 22.1 Å². The highest BCUT2D eigenvalue weighted by atomic mass is 16.5. The van der Waals surface area contributed by atoms with E-state index in [0.29, 0.717) is 33.0 Å². The molecule has 0 amide bonds. The van der Waals surface area contributed by atoms with Crippen LogP contribution in [0.5, 0.6) is 34.5 Å². The molecule has 4 rings (SSSR count). The van der Waals surface area contributed by atoms with Crippen molar-refractivity contribution in [2.24, 2.45) is 9.98 Å². The standard InChI is InChI=1S/C38H44N2O10/c1-9-49-25(41)15-39-13-23-31-21(27(17(3)4)37(47)33(23)43)11-19(7)29(35(31)45)30-20(8)12-22-28(18(5)6)38(48)34(44)24(32(22)36(30)46)14-40-16-26(42)50-10-2/h11-14,17-18,43-48H,9-10,15-16H2,1-8H3. The quantitative estimate of drug-likeness (QED) is 0.0558. The van der Waals surface area contributed by atoms with E-state index < -0.39 is 34.9 Å². The third-order valence-electron chi connectivity index (χ3n) is 8.48. The van der Waals surface area contributed by atoms with E-state index in [0.717, 1.165) is 0 Å². The molecule has 50 heavy (non-hydrogen) atoms. The predicted octanol–water partition coefficient (Wildman–Crippen LogP) is 6.72. The summed E-state index contributed by atoms with van der Waals surface area (Å²) in [5.74, 6) is -4.41. The summed E-state index contributed by atoms with van der Waals surface area (Å²) in [6.45, 7) is 13.6. The lowest BCUT2D eigenvalue weighted by atomic mass is 9.83. The van der Waals surface area contributed by atoms with Crippen molar-refractivity contribution in [1.82, 2.24) is 0 Å². The van der Waals surface area contributed by atoms with Gasteiger partial charge in [0.25, 0.3) is 0 Å². The zero-order chi connectivity index (χ0) is 37.2. The summed E-state index contributed by atoms with van der Waals surface area (Å²) in [5, 5.41) is 69.9. The summed E-state index contributed by atoms with van der Waals surface area (Å²) in [7, 11) is 0. The molecule has 0 aromatic heterocycles. The number of fused-ring (bicyclic) bond motifs is 2. The molecular formula is C38H44N2O10. The topological polar surface area (TPSA) is 199 Å². The van der Waals surface area contributed by atoms with Crippen molar-refractivity contribution in [2.45, 2.75) is 67.2 Å². The summed E-state index contributed by atoms with van der Waals surface area (Å²) >= 11 is 0. The van der Waals surface area contributed by atoms with Crippen LogP contribution < -0.4 is 0 Å². The van der Waals surface area contributed by atoms with Gasteiger partial charge >= 0.3 is 11.9 Å². The average Bonchev–Trinajstić information content (AvgIpc) is 3.02. The number of ether oxygens (including phenoxy) is 2. The molecule has 0 heterocycles. The molecule has 12 heteroatoms. The Bertz CT molecular complexity index is 1910. The smallest absolute Gasteiger partial charge is 0.327 e. The highest BCUT2D eigenvalue weighted by Gasteiger charge is 2.29. The lowest BCUT2D eigenvalue weighted by Crippen LogP contribution is -2.08. The SMILES string of the molecule is CCOC(=O)CN=Cc1c(O)c(O)c(C(C)C)c2cc(C)c(-c3c(C)cc4c(C(C)C)c(O)c(O)c(C=NCC(=O)OCC)c4c3O)c(O)c12. The van der Waals surface area contributed by atoms with Crippen molar-refractivity contribution in [3.05, 3.63) is 45.5 Å². The Morgan fingerprint density at radius 3 is 1.26 bits per heavy atom. The Labute approximate surface area is 290 Å². The van der Waals surface area contributed by atoms with Gasteiger partial charge in [-0.25, -0.2) is 0 Å². The van der Waals surface area contributed by atoms with Gasteiger partial charge in [-0.3, -0.25) is 19.6 Å². The molecule has 0 bridgehead atoms. The maximum Gasteiger partial charge on any atom is 0.327 e. The van der Waals surface area contributed by atoms with Gasteiger partial charge in [0.15, 0.2) is 23.0 Å². The van der Waals surface area contributed by atoms with Gasteiger partial charge in [-0.1, -0.05) is 39.8 Å². The highest BCUT2D eigenvalue weighted by molar-refractivity contribution is 6.15. The van der Waals surface area contributed by atoms with Crippen LogP contribution in [0.2, 0.25) is 0 Å². The molecule has 12 nitrogen and oxygen atoms in total. The largest absolute Gasteiger partial charge is 0.507 e. The van der Waals surface area contributed by atoms with Crippen LogP contribution in [0, 0.1) is 13.8 Å². The van der Waals surface area contributed by atoms with Crippen LogP contribution in [-0.4, -0.2) is 81.3 Å². The van der Waals surface area contributed by atoms with Crippen molar-refractivity contribution in [2.75, 3.05) is 26.3 Å². The number of phenolic OH excluding ortho intramolecular Hbond substituents is 6. The molecule has 0 saturated carbocycles. The summed E-state index contributed by atoms with van der Waals surface area (Å²) in [6.07, 6.45) is 2.36. The van der Waals surface area contributed by atoms with Crippen LogP contribution in [-0.2, 0) is 19.1 Å². The number of phenols is 6. The number of aryl methyl sites for hydroxylation is 2. The fraction of sp³-hybridized carbons (Fsp3) is 0.368. The van der Waals surface area contributed by atoms with Gasteiger partial charge in [0.2, 0.25) is 0 Å². The van der Waals surface area contributed by atoms with Crippen LogP contribution in [0.3, 0.4) is 0 Å². The van der Waals surface area contributed by atoms with E-state index in [1.54, 1.807) is 39.8 Å². The first-order valence-corrected chi connectivity index (χ1v) is 16.4. The van der Waals surface area contributed by atoms with Crippen molar-refractivity contribution < 1.29 is 49.7 Å².